The number of aromatic amines is 1. The highest BCUT2D eigenvalue weighted by molar-refractivity contribution is 5.96. The first-order valence-electron chi connectivity index (χ1n) is 14.5. The minimum atomic E-state index is -0.177. The fraction of sp³-hybridized carbons (Fsp3) is 0.294. The fourth-order valence-electron chi connectivity index (χ4n) is 5.73. The van der Waals surface area contributed by atoms with E-state index in [9.17, 15) is 10.1 Å². The summed E-state index contributed by atoms with van der Waals surface area (Å²) in [5.41, 5.74) is 6.21. The molecule has 0 spiro atoms. The molecule has 0 atom stereocenters. The van der Waals surface area contributed by atoms with Crippen LogP contribution in [0.15, 0.2) is 83.4 Å². The second kappa shape index (κ2) is 12.3. The van der Waals surface area contributed by atoms with Crippen LogP contribution in [0.25, 0.3) is 21.9 Å². The number of amides is 1. The number of piperazine rings is 1. The van der Waals surface area contributed by atoms with Crippen molar-refractivity contribution >= 4 is 33.5 Å². The Hall–Kier alpha value is -4.54. The lowest BCUT2D eigenvalue weighted by atomic mass is 10.1. The number of carbonyl (C=O) groups excluding carboxylic acids is 1. The number of hydrogen-bond donors (Lipinski definition) is 2. The van der Waals surface area contributed by atoms with E-state index >= 15 is 0 Å². The van der Waals surface area contributed by atoms with E-state index in [1.54, 1.807) is 0 Å². The van der Waals surface area contributed by atoms with E-state index in [1.165, 1.54) is 22.2 Å². The number of rotatable bonds is 10. The average molecular weight is 546 g/mol. The lowest BCUT2D eigenvalue weighted by molar-refractivity contribution is 0.0928. The molecule has 1 amide bonds. The fourth-order valence-corrected chi connectivity index (χ4v) is 5.73. The zero-order chi connectivity index (χ0) is 28.0. The molecule has 6 rings (SSSR count). The molecule has 1 saturated heterocycles. The van der Waals surface area contributed by atoms with Gasteiger partial charge < -0.3 is 19.6 Å². The summed E-state index contributed by atoms with van der Waals surface area (Å²) in [6.07, 6.45) is 6.18. The third kappa shape index (κ3) is 6.29. The normalized spacial score (nSPS) is 14.0. The van der Waals surface area contributed by atoms with Crippen LogP contribution in [0.5, 0.6) is 0 Å². The number of nitrogens with zero attached hydrogens (tertiary/aromatic N) is 3. The maximum absolute atomic E-state index is 12.7. The summed E-state index contributed by atoms with van der Waals surface area (Å²) in [6, 6.07) is 26.3. The van der Waals surface area contributed by atoms with Crippen LogP contribution in [0.2, 0.25) is 0 Å². The first-order valence-corrected chi connectivity index (χ1v) is 14.5. The van der Waals surface area contributed by atoms with E-state index in [-0.39, 0.29) is 5.91 Å². The predicted octanol–water partition coefficient (Wildman–Crippen LogP) is 5.90. The molecular formula is C34H35N5O2. The Morgan fingerprint density at radius 2 is 1.80 bits per heavy atom. The molecule has 7 nitrogen and oxygen atoms in total. The van der Waals surface area contributed by atoms with Gasteiger partial charge in [-0.2, -0.15) is 5.26 Å². The molecule has 2 N–H and O–H groups in total. The van der Waals surface area contributed by atoms with Crippen molar-refractivity contribution in [3.63, 3.8) is 0 Å². The molecule has 5 aromatic rings. The topological polar surface area (TPSA) is 88.3 Å². The monoisotopic (exact) mass is 545 g/mol. The highest BCUT2D eigenvalue weighted by Gasteiger charge is 2.19. The van der Waals surface area contributed by atoms with Gasteiger partial charge in [-0.3, -0.25) is 9.69 Å². The second-order valence-electron chi connectivity index (χ2n) is 10.8. The van der Waals surface area contributed by atoms with Crippen molar-refractivity contribution in [2.45, 2.75) is 25.7 Å². The number of fused-ring (bicyclic) bond motifs is 2. The van der Waals surface area contributed by atoms with E-state index in [2.05, 4.69) is 56.6 Å². The molecule has 3 heterocycles. The lowest BCUT2D eigenvalue weighted by Crippen LogP contribution is -2.46. The van der Waals surface area contributed by atoms with Gasteiger partial charge in [0.1, 0.15) is 5.58 Å². The number of aromatic nitrogens is 1. The Morgan fingerprint density at radius 1 is 0.951 bits per heavy atom. The summed E-state index contributed by atoms with van der Waals surface area (Å²) in [6.45, 7) is 5.71. The molecule has 2 aromatic heterocycles. The quantitative estimate of drug-likeness (QED) is 0.213. The molecule has 41 heavy (non-hydrogen) atoms. The minimum absolute atomic E-state index is 0.177. The van der Waals surface area contributed by atoms with E-state index in [0.717, 1.165) is 74.9 Å². The molecule has 0 unspecified atom stereocenters. The first kappa shape index (κ1) is 26.7. The SMILES string of the molecule is N#Cc1ccc2[nH]cc(CCCCN3CCN(c4ccc5oc(C(=O)NCCc6ccccc6)cc5c4)CC3)c2c1. The van der Waals surface area contributed by atoms with Crippen LogP contribution >= 0.6 is 0 Å². The zero-order valence-electron chi connectivity index (χ0n) is 23.2. The summed E-state index contributed by atoms with van der Waals surface area (Å²) >= 11 is 0. The van der Waals surface area contributed by atoms with Gasteiger partial charge in [0, 0.05) is 60.9 Å². The van der Waals surface area contributed by atoms with Gasteiger partial charge in [0.05, 0.1) is 11.6 Å². The Kier molecular flexibility index (Phi) is 8.01. The van der Waals surface area contributed by atoms with Crippen molar-refractivity contribution < 1.29 is 9.21 Å². The van der Waals surface area contributed by atoms with Crippen molar-refractivity contribution in [1.29, 1.82) is 5.26 Å². The van der Waals surface area contributed by atoms with Gasteiger partial charge >= 0.3 is 0 Å². The molecule has 7 heteroatoms. The molecule has 1 aliphatic rings. The number of aryl methyl sites for hydroxylation is 1. The van der Waals surface area contributed by atoms with Crippen LogP contribution in [-0.4, -0.2) is 55.1 Å². The van der Waals surface area contributed by atoms with Crippen LogP contribution in [0.1, 0.15) is 40.1 Å². The summed E-state index contributed by atoms with van der Waals surface area (Å²) in [7, 11) is 0. The van der Waals surface area contributed by atoms with Gasteiger partial charge in [-0.05, 0) is 85.8 Å². The maximum atomic E-state index is 12.7. The first-order chi connectivity index (χ1) is 20.2. The van der Waals surface area contributed by atoms with Crippen LogP contribution < -0.4 is 10.2 Å². The number of H-pyrrole nitrogens is 1. The van der Waals surface area contributed by atoms with Crippen molar-refractivity contribution in [3.8, 4) is 6.07 Å². The van der Waals surface area contributed by atoms with Gasteiger partial charge in [0.15, 0.2) is 5.76 Å². The van der Waals surface area contributed by atoms with Crippen LogP contribution in [0.4, 0.5) is 5.69 Å². The summed E-state index contributed by atoms with van der Waals surface area (Å²) < 4.78 is 5.85. The number of nitrogens with one attached hydrogen (secondary N) is 2. The number of hydrogen-bond acceptors (Lipinski definition) is 5. The van der Waals surface area contributed by atoms with Gasteiger partial charge in [0.2, 0.25) is 0 Å². The van der Waals surface area contributed by atoms with E-state index in [0.29, 0.717) is 17.9 Å². The van der Waals surface area contributed by atoms with Crippen molar-refractivity contribution in [3.05, 3.63) is 101 Å². The summed E-state index contributed by atoms with van der Waals surface area (Å²) in [5, 5.41) is 14.3. The molecule has 1 fully saturated rings. The molecule has 0 aliphatic carbocycles. The largest absolute Gasteiger partial charge is 0.451 e. The molecule has 208 valence electrons. The zero-order valence-corrected chi connectivity index (χ0v) is 23.2. The van der Waals surface area contributed by atoms with Gasteiger partial charge in [-0.1, -0.05) is 30.3 Å². The Labute approximate surface area is 240 Å². The van der Waals surface area contributed by atoms with Gasteiger partial charge in [-0.15, -0.1) is 0 Å². The predicted molar refractivity (Wildman–Crippen MR) is 163 cm³/mol. The number of unbranched alkanes of at least 4 members (excludes halogenated alkanes) is 1. The third-order valence-corrected chi connectivity index (χ3v) is 8.07. The highest BCUT2D eigenvalue weighted by atomic mass is 16.3. The average Bonchev–Trinajstić information content (AvgIpc) is 3.63. The van der Waals surface area contributed by atoms with Crippen LogP contribution in [0, 0.1) is 11.3 Å². The summed E-state index contributed by atoms with van der Waals surface area (Å²) in [5.74, 6) is 0.178. The van der Waals surface area contributed by atoms with Crippen molar-refractivity contribution in [2.24, 2.45) is 0 Å². The Bertz CT molecular complexity index is 1670. The van der Waals surface area contributed by atoms with Crippen LogP contribution in [-0.2, 0) is 12.8 Å². The van der Waals surface area contributed by atoms with Gasteiger partial charge in [-0.25, -0.2) is 0 Å². The standard InChI is InChI=1S/C34H35N5O2/c35-23-26-9-11-31-30(20-26)27(24-37-31)8-4-5-15-38-16-18-39(19-17-38)29-10-12-32-28(21-29)22-33(41-32)34(40)36-14-13-25-6-2-1-3-7-25/h1-3,6-7,9-12,20-22,24,37H,4-5,8,13-19H2,(H,36,40). The van der Waals surface area contributed by atoms with E-state index in [1.807, 2.05) is 48.5 Å². The summed E-state index contributed by atoms with van der Waals surface area (Å²) in [4.78, 5) is 20.9. The molecule has 0 bridgehead atoms. The third-order valence-electron chi connectivity index (χ3n) is 8.07. The molecule has 1 aliphatic heterocycles. The smallest absolute Gasteiger partial charge is 0.287 e. The lowest BCUT2D eigenvalue weighted by Gasteiger charge is -2.36. The number of carbonyl (C=O) groups is 1. The van der Waals surface area contributed by atoms with Gasteiger partial charge in [0.25, 0.3) is 5.91 Å². The number of furan rings is 1. The number of anilines is 1. The van der Waals surface area contributed by atoms with Crippen molar-refractivity contribution in [2.75, 3.05) is 44.2 Å². The molecule has 3 aromatic carbocycles. The Balaban J connectivity index is 0.961. The molecule has 0 radical (unpaired) electrons. The minimum Gasteiger partial charge on any atom is -0.451 e. The van der Waals surface area contributed by atoms with Crippen molar-refractivity contribution in [1.82, 2.24) is 15.2 Å². The number of benzene rings is 3. The number of nitriles is 1. The maximum Gasteiger partial charge on any atom is 0.287 e. The van der Waals surface area contributed by atoms with E-state index < -0.39 is 0 Å². The highest BCUT2D eigenvalue weighted by Crippen LogP contribution is 2.26. The van der Waals surface area contributed by atoms with E-state index in [4.69, 9.17) is 4.42 Å². The second-order valence-corrected chi connectivity index (χ2v) is 10.8. The molecular weight excluding hydrogens is 510 g/mol. The van der Waals surface area contributed by atoms with Crippen LogP contribution in [0.3, 0.4) is 0 Å². The Morgan fingerprint density at radius 3 is 2.63 bits per heavy atom. The molecule has 0 saturated carbocycles.